The normalized spacial score (nSPS) is 37.6. The number of carbonyl (C=O) groups excluding carboxylic acids is 1. The van der Waals surface area contributed by atoms with Gasteiger partial charge in [0.05, 0.1) is 6.54 Å². The molecule has 1 N–H and O–H groups in total. The first-order valence-electron chi connectivity index (χ1n) is 8.17. The molecule has 5 nitrogen and oxygen atoms in total. The van der Waals surface area contributed by atoms with Gasteiger partial charge in [0.15, 0.2) is 0 Å². The van der Waals surface area contributed by atoms with E-state index in [2.05, 4.69) is 27.1 Å². The van der Waals surface area contributed by atoms with Crippen molar-refractivity contribution < 1.29 is 4.79 Å². The number of amides is 1. The highest BCUT2D eigenvalue weighted by atomic mass is 35.5. The Bertz CT molecular complexity index is 385. The van der Waals surface area contributed by atoms with E-state index in [-0.39, 0.29) is 24.8 Å². The van der Waals surface area contributed by atoms with Gasteiger partial charge in [0, 0.05) is 38.3 Å². The summed E-state index contributed by atoms with van der Waals surface area (Å²) < 4.78 is 0. The molecule has 4 rings (SSSR count). The molecule has 7 heteroatoms. The lowest BCUT2D eigenvalue weighted by molar-refractivity contribution is -0.134. The number of piperazine rings is 1. The van der Waals surface area contributed by atoms with Crippen molar-refractivity contribution in [3.05, 3.63) is 0 Å². The predicted octanol–water partition coefficient (Wildman–Crippen LogP) is 0.286. The second-order valence-electron chi connectivity index (χ2n) is 7.05. The van der Waals surface area contributed by atoms with Crippen LogP contribution in [0, 0.1) is 11.8 Å². The Kier molecular flexibility index (Phi) is 6.00. The maximum Gasteiger partial charge on any atom is 0.236 e. The van der Waals surface area contributed by atoms with Gasteiger partial charge < -0.3 is 15.1 Å². The lowest BCUT2D eigenvalue weighted by Crippen LogP contribution is -2.51. The number of hydrogen-bond donors (Lipinski definition) is 1. The van der Waals surface area contributed by atoms with E-state index in [0.29, 0.717) is 24.5 Å². The number of likely N-dealkylation sites (N-methyl/N-ethyl adjacent to an activating group) is 1. The molecule has 2 bridgehead atoms. The minimum Gasteiger partial charge on any atom is -0.339 e. The van der Waals surface area contributed by atoms with E-state index < -0.39 is 0 Å². The topological polar surface area (TPSA) is 38.8 Å². The predicted molar refractivity (Wildman–Crippen MR) is 91.9 cm³/mol. The molecule has 4 aliphatic rings. The Morgan fingerprint density at radius 1 is 1.00 bits per heavy atom. The molecule has 0 aliphatic carbocycles. The number of nitrogens with one attached hydrogen (secondary N) is 1. The van der Waals surface area contributed by atoms with Crippen LogP contribution >= 0.6 is 24.8 Å². The van der Waals surface area contributed by atoms with E-state index in [1.165, 1.54) is 25.9 Å². The van der Waals surface area contributed by atoms with Crippen LogP contribution in [0.25, 0.3) is 0 Å². The zero-order valence-corrected chi connectivity index (χ0v) is 14.9. The summed E-state index contributed by atoms with van der Waals surface area (Å²) in [7, 11) is 2.14. The Labute approximate surface area is 145 Å². The number of fused-ring (bicyclic) bond motifs is 5. The number of carbonyl (C=O) groups is 1. The van der Waals surface area contributed by atoms with E-state index in [1.807, 2.05) is 0 Å². The fraction of sp³-hybridized carbons (Fsp3) is 0.933. The van der Waals surface area contributed by atoms with Crippen molar-refractivity contribution in [1.29, 1.82) is 0 Å². The maximum atomic E-state index is 12.5. The first kappa shape index (κ1) is 18.3. The molecule has 0 aromatic rings. The Balaban J connectivity index is 0.000000882. The molecule has 0 unspecified atom stereocenters. The zero-order chi connectivity index (χ0) is 13.7. The molecule has 0 spiro atoms. The van der Waals surface area contributed by atoms with Gasteiger partial charge in [0.1, 0.15) is 0 Å². The van der Waals surface area contributed by atoms with Crippen LogP contribution < -0.4 is 5.32 Å². The summed E-state index contributed by atoms with van der Waals surface area (Å²) in [5.74, 6) is 1.99. The van der Waals surface area contributed by atoms with Crippen LogP contribution in [0.1, 0.15) is 12.8 Å². The van der Waals surface area contributed by atoms with Crippen molar-refractivity contribution in [2.45, 2.75) is 24.9 Å². The lowest BCUT2D eigenvalue weighted by Gasteiger charge is -2.34. The molecule has 0 aromatic carbocycles. The molecule has 1 amide bonds. The Hall–Kier alpha value is -0.0700. The van der Waals surface area contributed by atoms with Crippen molar-refractivity contribution in [3.8, 4) is 0 Å². The Morgan fingerprint density at radius 2 is 1.55 bits per heavy atom. The van der Waals surface area contributed by atoms with Gasteiger partial charge in [-0.3, -0.25) is 9.69 Å². The van der Waals surface area contributed by atoms with Gasteiger partial charge in [-0.2, -0.15) is 0 Å². The van der Waals surface area contributed by atoms with E-state index in [0.717, 1.165) is 38.0 Å². The first-order valence-corrected chi connectivity index (χ1v) is 8.17. The van der Waals surface area contributed by atoms with Crippen LogP contribution in [0.4, 0.5) is 0 Å². The summed E-state index contributed by atoms with van der Waals surface area (Å²) in [6.45, 7) is 6.88. The quantitative estimate of drug-likeness (QED) is 0.776. The largest absolute Gasteiger partial charge is 0.339 e. The highest BCUT2D eigenvalue weighted by Gasteiger charge is 2.54. The fourth-order valence-corrected chi connectivity index (χ4v) is 4.95. The fourth-order valence-electron chi connectivity index (χ4n) is 4.95. The van der Waals surface area contributed by atoms with E-state index in [4.69, 9.17) is 0 Å². The lowest BCUT2D eigenvalue weighted by atomic mass is 9.82. The summed E-state index contributed by atoms with van der Waals surface area (Å²) in [4.78, 5) is 19.5. The monoisotopic (exact) mass is 350 g/mol. The number of hydrogen-bond acceptors (Lipinski definition) is 4. The van der Waals surface area contributed by atoms with Crippen molar-refractivity contribution >= 4 is 30.7 Å². The van der Waals surface area contributed by atoms with E-state index in [9.17, 15) is 4.79 Å². The molecule has 4 saturated heterocycles. The molecular weight excluding hydrogens is 323 g/mol. The van der Waals surface area contributed by atoms with Gasteiger partial charge >= 0.3 is 0 Å². The van der Waals surface area contributed by atoms with Crippen LogP contribution in [0.2, 0.25) is 0 Å². The summed E-state index contributed by atoms with van der Waals surface area (Å²) in [6, 6.07) is 1.35. The third-order valence-electron chi connectivity index (χ3n) is 6.08. The smallest absolute Gasteiger partial charge is 0.236 e. The van der Waals surface area contributed by atoms with Crippen molar-refractivity contribution in [1.82, 2.24) is 20.0 Å². The van der Waals surface area contributed by atoms with Gasteiger partial charge in [-0.1, -0.05) is 0 Å². The first-order chi connectivity index (χ1) is 9.74. The van der Waals surface area contributed by atoms with Gasteiger partial charge in [-0.05, 0) is 44.8 Å². The minimum atomic E-state index is 0. The highest BCUT2D eigenvalue weighted by Crippen LogP contribution is 2.47. The van der Waals surface area contributed by atoms with Crippen LogP contribution in [0.15, 0.2) is 0 Å². The third kappa shape index (κ3) is 2.98. The molecule has 4 aliphatic heterocycles. The number of halogens is 2. The number of nitrogens with zero attached hydrogens (tertiary/aromatic N) is 3. The van der Waals surface area contributed by atoms with Crippen LogP contribution in [-0.4, -0.2) is 85.6 Å². The molecule has 0 aromatic heterocycles. The van der Waals surface area contributed by atoms with Crippen LogP contribution in [0.5, 0.6) is 0 Å². The number of rotatable bonds is 2. The molecule has 4 atom stereocenters. The highest BCUT2D eigenvalue weighted by molar-refractivity contribution is 5.85. The molecule has 22 heavy (non-hydrogen) atoms. The zero-order valence-electron chi connectivity index (χ0n) is 13.2. The standard InChI is InChI=1S/C15H26N4O.2ClH/c1-17-4-6-18(7-5-17)15(20)10-19-13-2-3-14(19)12-9-16-8-11(12)13;;/h11-14,16H,2-10H2,1H3;2*1H/t11-,12+,13-,14+;;. The van der Waals surface area contributed by atoms with Crippen LogP contribution in [0.3, 0.4) is 0 Å². The van der Waals surface area contributed by atoms with Crippen molar-refractivity contribution in [2.75, 3.05) is 52.9 Å². The second kappa shape index (κ2) is 7.22. The molecule has 128 valence electrons. The van der Waals surface area contributed by atoms with Crippen molar-refractivity contribution in [3.63, 3.8) is 0 Å². The van der Waals surface area contributed by atoms with Crippen molar-refractivity contribution in [2.24, 2.45) is 11.8 Å². The Morgan fingerprint density at radius 3 is 2.09 bits per heavy atom. The molecular formula is C15H28Cl2N4O. The van der Waals surface area contributed by atoms with Gasteiger partial charge in [0.25, 0.3) is 0 Å². The summed E-state index contributed by atoms with van der Waals surface area (Å²) in [5, 5.41) is 3.54. The summed E-state index contributed by atoms with van der Waals surface area (Å²) >= 11 is 0. The van der Waals surface area contributed by atoms with E-state index >= 15 is 0 Å². The van der Waals surface area contributed by atoms with Gasteiger partial charge in [-0.15, -0.1) is 24.8 Å². The minimum absolute atomic E-state index is 0. The van der Waals surface area contributed by atoms with Gasteiger partial charge in [0.2, 0.25) is 5.91 Å². The maximum absolute atomic E-state index is 12.5. The molecule has 4 fully saturated rings. The molecule has 0 saturated carbocycles. The average Bonchev–Trinajstić information content (AvgIpc) is 3.11. The molecule has 0 radical (unpaired) electrons. The van der Waals surface area contributed by atoms with E-state index in [1.54, 1.807) is 0 Å². The molecule has 4 heterocycles. The summed E-state index contributed by atoms with van der Waals surface area (Å²) in [6.07, 6.45) is 2.62. The SMILES string of the molecule is CN1CCN(C(=O)CN2[C@@H]3CC[C@H]2[C@H]2CNC[C@H]23)CC1.Cl.Cl. The average molecular weight is 351 g/mol. The second-order valence-corrected chi connectivity index (χ2v) is 7.05. The third-order valence-corrected chi connectivity index (χ3v) is 6.08. The van der Waals surface area contributed by atoms with Crippen LogP contribution in [-0.2, 0) is 4.79 Å². The summed E-state index contributed by atoms with van der Waals surface area (Å²) in [5.41, 5.74) is 0. The van der Waals surface area contributed by atoms with Gasteiger partial charge in [-0.25, -0.2) is 0 Å².